The van der Waals surface area contributed by atoms with Crippen molar-refractivity contribution in [3.8, 4) is 5.75 Å². The lowest BCUT2D eigenvalue weighted by Gasteiger charge is -2.12. The van der Waals surface area contributed by atoms with Crippen molar-refractivity contribution in [1.82, 2.24) is 0 Å². The number of hydrogen-bond donors (Lipinski definition) is 1. The monoisotopic (exact) mass is 291 g/mol. The molecule has 0 saturated carbocycles. The number of amides is 1. The van der Waals surface area contributed by atoms with Gasteiger partial charge in [-0.25, -0.2) is 8.78 Å². The molecule has 0 unspecified atom stereocenters. The summed E-state index contributed by atoms with van der Waals surface area (Å²) in [5.41, 5.74) is 1.51. The van der Waals surface area contributed by atoms with E-state index >= 15 is 0 Å². The zero-order valence-corrected chi connectivity index (χ0v) is 11.7. The highest BCUT2D eigenvalue weighted by Crippen LogP contribution is 2.26. The Balaban J connectivity index is 2.24. The van der Waals surface area contributed by atoms with Crippen molar-refractivity contribution in [2.24, 2.45) is 0 Å². The molecule has 0 aliphatic carbocycles. The Morgan fingerprint density at radius 3 is 2.57 bits per heavy atom. The summed E-state index contributed by atoms with van der Waals surface area (Å²) >= 11 is 0. The second kappa shape index (κ2) is 6.35. The Morgan fingerprint density at radius 1 is 1.14 bits per heavy atom. The number of benzene rings is 2. The third-order valence-corrected chi connectivity index (χ3v) is 2.87. The summed E-state index contributed by atoms with van der Waals surface area (Å²) in [5, 5.41) is 2.63. The SMILES string of the molecule is CCOc1cc(C)ccc1NC(=O)c1ccc(F)c(F)c1. The van der Waals surface area contributed by atoms with Crippen LogP contribution in [0.3, 0.4) is 0 Å². The van der Waals surface area contributed by atoms with Gasteiger partial charge in [0.2, 0.25) is 0 Å². The Kier molecular flexibility index (Phi) is 4.52. The van der Waals surface area contributed by atoms with Crippen molar-refractivity contribution in [2.75, 3.05) is 11.9 Å². The molecular formula is C16H15F2NO2. The first kappa shape index (κ1) is 15.0. The normalized spacial score (nSPS) is 10.3. The van der Waals surface area contributed by atoms with Crippen LogP contribution in [-0.2, 0) is 0 Å². The van der Waals surface area contributed by atoms with Gasteiger partial charge in [0.1, 0.15) is 5.75 Å². The molecule has 0 spiro atoms. The first-order valence-corrected chi connectivity index (χ1v) is 6.51. The zero-order valence-electron chi connectivity index (χ0n) is 11.7. The van der Waals surface area contributed by atoms with Gasteiger partial charge in [0.25, 0.3) is 5.91 Å². The number of hydrogen-bond acceptors (Lipinski definition) is 2. The number of ether oxygens (including phenoxy) is 1. The van der Waals surface area contributed by atoms with E-state index < -0.39 is 17.5 Å². The minimum Gasteiger partial charge on any atom is -0.492 e. The van der Waals surface area contributed by atoms with E-state index in [1.165, 1.54) is 6.07 Å². The molecule has 0 bridgehead atoms. The lowest BCUT2D eigenvalue weighted by molar-refractivity contribution is 0.102. The van der Waals surface area contributed by atoms with Gasteiger partial charge in [-0.1, -0.05) is 6.07 Å². The van der Waals surface area contributed by atoms with E-state index in [-0.39, 0.29) is 5.56 Å². The fourth-order valence-electron chi connectivity index (χ4n) is 1.84. The molecule has 0 heterocycles. The van der Waals surface area contributed by atoms with Gasteiger partial charge in [0, 0.05) is 5.56 Å². The second-order valence-corrected chi connectivity index (χ2v) is 4.52. The van der Waals surface area contributed by atoms with E-state index in [0.717, 1.165) is 17.7 Å². The molecule has 0 fully saturated rings. The number of carbonyl (C=O) groups excluding carboxylic acids is 1. The third-order valence-electron chi connectivity index (χ3n) is 2.87. The number of carbonyl (C=O) groups is 1. The molecule has 0 aliphatic heterocycles. The zero-order chi connectivity index (χ0) is 15.4. The van der Waals surface area contributed by atoms with Crippen LogP contribution in [0.1, 0.15) is 22.8 Å². The lowest BCUT2D eigenvalue weighted by Crippen LogP contribution is -2.13. The molecule has 0 aliphatic rings. The van der Waals surface area contributed by atoms with Crippen molar-refractivity contribution in [1.29, 1.82) is 0 Å². The number of anilines is 1. The predicted octanol–water partition coefficient (Wildman–Crippen LogP) is 3.92. The Morgan fingerprint density at radius 2 is 1.90 bits per heavy atom. The highest BCUT2D eigenvalue weighted by molar-refractivity contribution is 6.05. The van der Waals surface area contributed by atoms with Crippen molar-refractivity contribution in [3.05, 3.63) is 59.2 Å². The van der Waals surface area contributed by atoms with Crippen LogP contribution >= 0.6 is 0 Å². The Bertz CT molecular complexity index is 671. The van der Waals surface area contributed by atoms with Gasteiger partial charge < -0.3 is 10.1 Å². The van der Waals surface area contributed by atoms with E-state index in [4.69, 9.17) is 4.74 Å². The number of rotatable bonds is 4. The standard InChI is InChI=1S/C16H15F2NO2/c1-3-21-15-8-10(2)4-7-14(15)19-16(20)11-5-6-12(17)13(18)9-11/h4-9H,3H2,1-2H3,(H,19,20). The Labute approximate surface area is 121 Å². The smallest absolute Gasteiger partial charge is 0.255 e. The molecule has 0 atom stereocenters. The van der Waals surface area contributed by atoms with Crippen LogP contribution in [0.15, 0.2) is 36.4 Å². The highest BCUT2D eigenvalue weighted by Gasteiger charge is 2.12. The molecule has 110 valence electrons. The third kappa shape index (κ3) is 3.56. The topological polar surface area (TPSA) is 38.3 Å². The molecule has 0 saturated heterocycles. The maximum atomic E-state index is 13.2. The molecule has 2 rings (SSSR count). The van der Waals surface area contributed by atoms with Crippen molar-refractivity contribution < 1.29 is 18.3 Å². The van der Waals surface area contributed by atoms with E-state index in [0.29, 0.717) is 18.0 Å². The molecule has 1 N–H and O–H groups in total. The van der Waals surface area contributed by atoms with Gasteiger partial charge in [-0.3, -0.25) is 4.79 Å². The fourth-order valence-corrected chi connectivity index (χ4v) is 1.84. The van der Waals surface area contributed by atoms with Crippen LogP contribution in [0.2, 0.25) is 0 Å². The summed E-state index contributed by atoms with van der Waals surface area (Å²) in [4.78, 5) is 12.1. The van der Waals surface area contributed by atoms with Gasteiger partial charge in [0.15, 0.2) is 11.6 Å². The number of halogens is 2. The quantitative estimate of drug-likeness (QED) is 0.927. The molecule has 5 heteroatoms. The van der Waals surface area contributed by atoms with Crippen LogP contribution in [0.5, 0.6) is 5.75 Å². The highest BCUT2D eigenvalue weighted by atomic mass is 19.2. The molecule has 3 nitrogen and oxygen atoms in total. The molecule has 0 radical (unpaired) electrons. The van der Waals surface area contributed by atoms with Crippen LogP contribution in [0.4, 0.5) is 14.5 Å². The molecule has 0 aromatic heterocycles. The summed E-state index contributed by atoms with van der Waals surface area (Å²) in [7, 11) is 0. The summed E-state index contributed by atoms with van der Waals surface area (Å²) in [6, 6.07) is 8.33. The summed E-state index contributed by atoms with van der Waals surface area (Å²) < 4.78 is 31.5. The molecular weight excluding hydrogens is 276 g/mol. The fraction of sp³-hybridized carbons (Fsp3) is 0.188. The summed E-state index contributed by atoms with van der Waals surface area (Å²) in [6.45, 7) is 4.20. The van der Waals surface area contributed by atoms with Crippen molar-refractivity contribution >= 4 is 11.6 Å². The van der Waals surface area contributed by atoms with Crippen LogP contribution in [0, 0.1) is 18.6 Å². The van der Waals surface area contributed by atoms with Crippen molar-refractivity contribution in [3.63, 3.8) is 0 Å². The average molecular weight is 291 g/mol. The van der Waals surface area contributed by atoms with E-state index in [9.17, 15) is 13.6 Å². The Hall–Kier alpha value is -2.43. The van der Waals surface area contributed by atoms with E-state index in [1.807, 2.05) is 19.9 Å². The first-order chi connectivity index (χ1) is 10.0. The summed E-state index contributed by atoms with van der Waals surface area (Å²) in [5.74, 6) is -2.04. The maximum Gasteiger partial charge on any atom is 0.255 e. The number of aryl methyl sites for hydroxylation is 1. The molecule has 2 aromatic rings. The lowest BCUT2D eigenvalue weighted by atomic mass is 10.1. The van der Waals surface area contributed by atoms with Gasteiger partial charge in [0.05, 0.1) is 12.3 Å². The summed E-state index contributed by atoms with van der Waals surface area (Å²) in [6.07, 6.45) is 0. The van der Waals surface area contributed by atoms with Crippen LogP contribution < -0.4 is 10.1 Å². The number of nitrogens with one attached hydrogen (secondary N) is 1. The second-order valence-electron chi connectivity index (χ2n) is 4.52. The minimum absolute atomic E-state index is 0.0388. The molecule has 21 heavy (non-hydrogen) atoms. The predicted molar refractivity (Wildman–Crippen MR) is 76.7 cm³/mol. The minimum atomic E-state index is -1.06. The first-order valence-electron chi connectivity index (χ1n) is 6.51. The van der Waals surface area contributed by atoms with E-state index in [2.05, 4.69) is 5.32 Å². The average Bonchev–Trinajstić information content (AvgIpc) is 2.45. The van der Waals surface area contributed by atoms with Crippen LogP contribution in [0.25, 0.3) is 0 Å². The van der Waals surface area contributed by atoms with Gasteiger partial charge in [-0.2, -0.15) is 0 Å². The van der Waals surface area contributed by atoms with E-state index in [1.54, 1.807) is 12.1 Å². The van der Waals surface area contributed by atoms with Gasteiger partial charge >= 0.3 is 0 Å². The maximum absolute atomic E-state index is 13.2. The van der Waals surface area contributed by atoms with Crippen molar-refractivity contribution in [2.45, 2.75) is 13.8 Å². The molecule has 1 amide bonds. The molecule has 2 aromatic carbocycles. The van der Waals surface area contributed by atoms with Crippen LogP contribution in [-0.4, -0.2) is 12.5 Å². The van der Waals surface area contributed by atoms with Gasteiger partial charge in [-0.15, -0.1) is 0 Å². The van der Waals surface area contributed by atoms with Gasteiger partial charge in [-0.05, 0) is 49.7 Å². The largest absolute Gasteiger partial charge is 0.492 e.